The fourth-order valence-corrected chi connectivity index (χ4v) is 3.18. The fraction of sp³-hybridized carbons (Fsp3) is 0.136. The van der Waals surface area contributed by atoms with E-state index in [0.29, 0.717) is 0 Å². The van der Waals surface area contributed by atoms with Gasteiger partial charge in [-0.1, -0.05) is 71.8 Å². The van der Waals surface area contributed by atoms with Crippen molar-refractivity contribution in [2.75, 3.05) is 0 Å². The lowest BCUT2D eigenvalue weighted by Gasteiger charge is -2.05. The Kier molecular flexibility index (Phi) is 5.54. The summed E-state index contributed by atoms with van der Waals surface area (Å²) in [6.45, 7) is 4.26. The summed E-state index contributed by atoms with van der Waals surface area (Å²) in [6, 6.07) is 23.9. The van der Waals surface area contributed by atoms with E-state index in [4.69, 9.17) is 13.4 Å². The highest BCUT2D eigenvalue weighted by atomic mass is 32.1. The minimum absolute atomic E-state index is 0.750. The predicted octanol–water partition coefficient (Wildman–Crippen LogP) is 4.98. The smallest absolute Gasteiger partial charge is 0.252 e. The molecule has 0 radical (unpaired) electrons. The molecule has 0 saturated carbocycles. The Labute approximate surface area is 157 Å². The first-order valence-corrected chi connectivity index (χ1v) is 9.04. The van der Waals surface area contributed by atoms with Crippen LogP contribution in [0.1, 0.15) is 22.3 Å². The second-order valence-corrected chi connectivity index (χ2v) is 6.52. The van der Waals surface area contributed by atoms with E-state index in [9.17, 15) is 0 Å². The molecule has 1 aliphatic heterocycles. The predicted molar refractivity (Wildman–Crippen MR) is 107 cm³/mol. The third-order valence-electron chi connectivity index (χ3n) is 4.42. The molecule has 0 atom stereocenters. The Morgan fingerprint density at radius 2 is 1.42 bits per heavy atom. The maximum atomic E-state index is 8.29. The van der Waals surface area contributed by atoms with Crippen molar-refractivity contribution in [2.24, 2.45) is 4.99 Å². The van der Waals surface area contributed by atoms with E-state index in [1.807, 2.05) is 0 Å². The van der Waals surface area contributed by atoms with Crippen molar-refractivity contribution < 1.29 is 8.42 Å². The van der Waals surface area contributed by atoms with E-state index in [2.05, 4.69) is 80.6 Å². The third kappa shape index (κ3) is 4.03. The van der Waals surface area contributed by atoms with Crippen molar-refractivity contribution in [1.29, 1.82) is 0 Å². The van der Waals surface area contributed by atoms with Crippen molar-refractivity contribution >= 4 is 23.0 Å². The first-order chi connectivity index (χ1) is 12.6. The van der Waals surface area contributed by atoms with Crippen LogP contribution in [0.5, 0.6) is 0 Å². The normalized spacial score (nSPS) is 11.8. The van der Waals surface area contributed by atoms with E-state index >= 15 is 0 Å². The lowest BCUT2D eigenvalue weighted by atomic mass is 9.99. The van der Waals surface area contributed by atoms with Gasteiger partial charge in [-0.15, -0.1) is 0 Å². The van der Waals surface area contributed by atoms with Gasteiger partial charge in [0.1, 0.15) is 0 Å². The van der Waals surface area contributed by atoms with E-state index in [-0.39, 0.29) is 0 Å². The highest BCUT2D eigenvalue weighted by molar-refractivity contribution is 7.51. The van der Waals surface area contributed by atoms with Crippen molar-refractivity contribution in [2.45, 2.75) is 20.3 Å². The number of aliphatic imine (C=N–C) groups is 1. The van der Waals surface area contributed by atoms with Crippen LogP contribution in [0.2, 0.25) is 0 Å². The summed E-state index contributed by atoms with van der Waals surface area (Å²) >= 11 is -0.750. The Morgan fingerprint density at radius 1 is 0.769 bits per heavy atom. The van der Waals surface area contributed by atoms with Gasteiger partial charge in [0.25, 0.3) is 0 Å². The van der Waals surface area contributed by atoms with Gasteiger partial charge >= 0.3 is 11.6 Å². The summed E-state index contributed by atoms with van der Waals surface area (Å²) in [7, 11) is 0. The second kappa shape index (κ2) is 8.02. The van der Waals surface area contributed by atoms with Crippen molar-refractivity contribution in [1.82, 2.24) is 0 Å². The number of hydrogen-bond acceptors (Lipinski definition) is 3. The van der Waals surface area contributed by atoms with Crippen LogP contribution in [0.4, 0.5) is 5.69 Å². The lowest BCUT2D eigenvalue weighted by Crippen LogP contribution is -2.00. The van der Waals surface area contributed by atoms with Crippen molar-refractivity contribution in [3.8, 4) is 11.1 Å². The molecule has 0 spiro atoms. The zero-order chi connectivity index (χ0) is 18.5. The third-order valence-corrected chi connectivity index (χ3v) is 4.42. The molecule has 3 nitrogen and oxygen atoms in total. The van der Waals surface area contributed by atoms with Crippen molar-refractivity contribution in [3.63, 3.8) is 0 Å². The molecule has 0 N–H and O–H groups in total. The minimum atomic E-state index is -0.750. The quantitative estimate of drug-likeness (QED) is 0.646. The molecule has 0 aromatic heterocycles. The molecule has 0 amide bonds. The average Bonchev–Trinajstić information content (AvgIpc) is 3.06. The van der Waals surface area contributed by atoms with Crippen LogP contribution in [0.3, 0.4) is 0 Å². The Morgan fingerprint density at radius 3 is 2.12 bits per heavy atom. The number of nitrogens with zero attached hydrogens (tertiary/aromatic N) is 1. The van der Waals surface area contributed by atoms with Gasteiger partial charge < -0.3 is 0 Å². The average molecular weight is 361 g/mol. The van der Waals surface area contributed by atoms with Gasteiger partial charge in [0.15, 0.2) is 0 Å². The summed E-state index contributed by atoms with van der Waals surface area (Å²) in [4.78, 5) is 4.80. The summed E-state index contributed by atoms with van der Waals surface area (Å²) in [5.41, 5.74) is 9.95. The molecule has 1 aliphatic rings. The largest absolute Gasteiger partial charge is 0.335 e. The molecule has 1 heterocycles. The standard InChI is InChI=1S/C22H19N.O2S/c1-15-4-3-5-19(12-15)17-7-9-18(10-8-17)22-14-20-13-16(2)6-11-21(20)23-22;1-3-2/h3-13H,14H2,1-2H3;. The molecule has 4 heteroatoms. The first-order valence-electron chi connectivity index (χ1n) is 8.37. The number of benzene rings is 3. The fourth-order valence-electron chi connectivity index (χ4n) is 3.18. The Bertz CT molecular complexity index is 1000. The number of fused-ring (bicyclic) bond motifs is 1. The van der Waals surface area contributed by atoms with Crippen LogP contribution in [0.15, 0.2) is 71.7 Å². The first kappa shape index (κ1) is 18.0. The Hall–Kier alpha value is -2.85. The van der Waals surface area contributed by atoms with Crippen molar-refractivity contribution in [3.05, 3.63) is 89.0 Å². The number of rotatable bonds is 2. The van der Waals surface area contributed by atoms with E-state index in [0.717, 1.165) is 12.1 Å². The molecule has 0 fully saturated rings. The van der Waals surface area contributed by atoms with Crippen LogP contribution in [-0.2, 0) is 18.0 Å². The molecule has 3 aromatic carbocycles. The summed E-state index contributed by atoms with van der Waals surface area (Å²) in [6.07, 6.45) is 0.931. The van der Waals surface area contributed by atoms with E-state index in [1.54, 1.807) is 0 Å². The van der Waals surface area contributed by atoms with Gasteiger partial charge in [-0.25, -0.2) is 0 Å². The number of aryl methyl sites for hydroxylation is 2. The van der Waals surface area contributed by atoms with Gasteiger partial charge in [-0.05, 0) is 42.2 Å². The highest BCUT2D eigenvalue weighted by Gasteiger charge is 2.15. The van der Waals surface area contributed by atoms with Crippen LogP contribution >= 0.6 is 0 Å². The van der Waals surface area contributed by atoms with Gasteiger partial charge in [-0.2, -0.15) is 8.42 Å². The zero-order valence-electron chi connectivity index (χ0n) is 14.7. The molecule has 0 saturated heterocycles. The van der Waals surface area contributed by atoms with Crippen LogP contribution in [-0.4, -0.2) is 14.1 Å². The van der Waals surface area contributed by atoms with Gasteiger partial charge in [0.05, 0.1) is 11.4 Å². The maximum absolute atomic E-state index is 8.29. The maximum Gasteiger partial charge on any atom is 0.335 e. The Balaban J connectivity index is 0.000000613. The van der Waals surface area contributed by atoms with Crippen LogP contribution < -0.4 is 0 Å². The topological polar surface area (TPSA) is 46.5 Å². The molecule has 3 aromatic rings. The zero-order valence-corrected chi connectivity index (χ0v) is 15.5. The van der Waals surface area contributed by atoms with E-state index in [1.165, 1.54) is 39.1 Å². The molecule has 26 heavy (non-hydrogen) atoms. The van der Waals surface area contributed by atoms with E-state index < -0.39 is 11.6 Å². The van der Waals surface area contributed by atoms with Crippen LogP contribution in [0.25, 0.3) is 11.1 Å². The van der Waals surface area contributed by atoms with Gasteiger partial charge in [-0.3, -0.25) is 4.99 Å². The summed E-state index contributed by atoms with van der Waals surface area (Å²) in [5.74, 6) is 0. The van der Waals surface area contributed by atoms with Gasteiger partial charge in [0, 0.05) is 6.42 Å². The molecule has 0 unspecified atom stereocenters. The van der Waals surface area contributed by atoms with Gasteiger partial charge in [0.2, 0.25) is 0 Å². The molecular formula is C22H19NO2S. The van der Waals surface area contributed by atoms with Crippen LogP contribution in [0, 0.1) is 13.8 Å². The molecule has 130 valence electrons. The molecule has 0 aliphatic carbocycles. The monoisotopic (exact) mass is 361 g/mol. The minimum Gasteiger partial charge on any atom is -0.252 e. The second-order valence-electron chi connectivity index (χ2n) is 6.38. The molecule has 0 bridgehead atoms. The molecule has 4 rings (SSSR count). The summed E-state index contributed by atoms with van der Waals surface area (Å²) < 4.78 is 16.6. The number of hydrogen-bond donors (Lipinski definition) is 0. The lowest BCUT2D eigenvalue weighted by molar-refractivity contribution is 0.630. The molecular weight excluding hydrogens is 342 g/mol. The SMILES string of the molecule is Cc1cccc(-c2ccc(C3=Nc4ccc(C)cc4C3)cc2)c1.O=S=O. The highest BCUT2D eigenvalue weighted by Crippen LogP contribution is 2.30. The summed E-state index contributed by atoms with van der Waals surface area (Å²) in [5, 5.41) is 0.